The Morgan fingerprint density at radius 1 is 0.462 bits per heavy atom. The Kier molecular flexibility index (Phi) is 12.1. The molecule has 2 aromatic heterocycles. The molecule has 1 N–H and O–H groups in total. The van der Waals surface area contributed by atoms with Crippen LogP contribution in [-0.4, -0.2) is 20.9 Å². The lowest BCUT2D eigenvalue weighted by atomic mass is 9.86. The lowest BCUT2D eigenvalue weighted by Crippen LogP contribution is -2.10. The molecule has 1 aliphatic carbocycles. The van der Waals surface area contributed by atoms with E-state index < -0.39 is 0 Å². The summed E-state index contributed by atoms with van der Waals surface area (Å²) in [5.74, 6) is 0.320. The molecule has 7 aromatic carbocycles. The highest BCUT2D eigenvalue weighted by molar-refractivity contribution is 5.93. The number of aromatic nitrogens is 2. The number of carbonyl (C=O) groups excluding carboxylic acids is 1. The average molecular weight is 843 g/mol. The third-order valence-electron chi connectivity index (χ3n) is 13.0. The van der Waals surface area contributed by atoms with Crippen LogP contribution >= 0.6 is 0 Å². The smallest absolute Gasteiger partial charge is 0.159 e. The van der Waals surface area contributed by atoms with Crippen LogP contribution in [0.15, 0.2) is 212 Å². The number of pyridine rings is 2. The fourth-order valence-electron chi connectivity index (χ4n) is 9.49. The van der Waals surface area contributed by atoms with Crippen LogP contribution in [0.1, 0.15) is 44.1 Å². The van der Waals surface area contributed by atoms with Crippen LogP contribution in [0.2, 0.25) is 0 Å². The number of hydrogen-bond donors (Lipinski definition) is 1. The summed E-state index contributed by atoms with van der Waals surface area (Å²) in [5.41, 5.74) is 16.1. The van der Waals surface area contributed by atoms with E-state index in [1.165, 1.54) is 17.9 Å². The van der Waals surface area contributed by atoms with Crippen LogP contribution < -0.4 is 0 Å². The first-order valence-corrected chi connectivity index (χ1v) is 22.9. The van der Waals surface area contributed by atoms with Crippen LogP contribution in [0, 0.1) is 5.92 Å². The van der Waals surface area contributed by atoms with Gasteiger partial charge < -0.3 is 5.11 Å². The third kappa shape index (κ3) is 9.21. The highest BCUT2D eigenvalue weighted by Crippen LogP contribution is 2.41. The van der Waals surface area contributed by atoms with Crippen molar-refractivity contribution in [3.05, 3.63) is 218 Å². The topological polar surface area (TPSA) is 63.1 Å². The van der Waals surface area contributed by atoms with Gasteiger partial charge in [0, 0.05) is 52.9 Å². The van der Waals surface area contributed by atoms with Crippen molar-refractivity contribution in [1.29, 1.82) is 0 Å². The maximum Gasteiger partial charge on any atom is 0.159 e. The number of fused-ring (bicyclic) bond motifs is 1. The monoisotopic (exact) mass is 842 g/mol. The van der Waals surface area contributed by atoms with Crippen molar-refractivity contribution in [2.45, 2.75) is 44.9 Å². The van der Waals surface area contributed by atoms with Crippen LogP contribution in [0.25, 0.3) is 88.9 Å². The minimum absolute atomic E-state index is 0.0329. The number of allylic oxidation sites excluding steroid dienone is 2. The molecule has 0 aliphatic heterocycles. The predicted molar refractivity (Wildman–Crippen MR) is 268 cm³/mol. The van der Waals surface area contributed by atoms with E-state index in [0.717, 1.165) is 115 Å². The number of ketones is 1. The van der Waals surface area contributed by atoms with E-state index >= 15 is 0 Å². The van der Waals surface area contributed by atoms with Gasteiger partial charge in [-0.15, -0.1) is 0 Å². The van der Waals surface area contributed by atoms with E-state index in [1.807, 2.05) is 36.7 Å². The molecule has 0 atom stereocenters. The summed E-state index contributed by atoms with van der Waals surface area (Å²) >= 11 is 0. The quantitative estimate of drug-likeness (QED) is 0.0983. The molecular formula is C61H50N2O2. The van der Waals surface area contributed by atoms with Gasteiger partial charge in [-0.3, -0.25) is 14.8 Å². The Hall–Kier alpha value is -7.69. The average Bonchev–Trinajstić information content (AvgIpc) is 3.38. The molecule has 0 unspecified atom stereocenters. The minimum atomic E-state index is -0.0329. The molecule has 4 heteroatoms. The number of aliphatic hydroxyl groups excluding tert-OH is 1. The summed E-state index contributed by atoms with van der Waals surface area (Å²) in [6, 6.07) is 66.3. The van der Waals surface area contributed by atoms with Crippen LogP contribution in [0.4, 0.5) is 0 Å². The molecule has 65 heavy (non-hydrogen) atoms. The number of aryl methyl sites for hydroxylation is 1. The number of rotatable bonds is 12. The van der Waals surface area contributed by atoms with Crippen molar-refractivity contribution < 1.29 is 9.90 Å². The summed E-state index contributed by atoms with van der Waals surface area (Å²) in [5, 5.41) is 13.2. The zero-order valence-electron chi connectivity index (χ0n) is 36.4. The van der Waals surface area contributed by atoms with Crippen molar-refractivity contribution in [3.8, 4) is 78.1 Å². The normalized spacial score (nSPS) is 13.2. The molecule has 0 bridgehead atoms. The van der Waals surface area contributed by atoms with Gasteiger partial charge in [-0.1, -0.05) is 177 Å². The molecule has 0 radical (unpaired) electrons. The van der Waals surface area contributed by atoms with Crippen LogP contribution in [0.3, 0.4) is 0 Å². The molecule has 1 aliphatic rings. The summed E-state index contributed by atoms with van der Waals surface area (Å²) in [6.07, 6.45) is 11.6. The van der Waals surface area contributed by atoms with Gasteiger partial charge in [0.25, 0.3) is 0 Å². The predicted octanol–water partition coefficient (Wildman–Crippen LogP) is 15.8. The van der Waals surface area contributed by atoms with E-state index in [9.17, 15) is 9.90 Å². The molecule has 1 fully saturated rings. The SMILES string of the molecule is O=C(/C=C(\O)C1CCCCC1)CCc1ccccc1-c1cc(-c2ccccc2-c2ccc(-c3cc4ccccc4cn3)cc2)cc(-c2ccccc2-c2ccc(-c3ccccc3)nc2)c1. The zero-order chi connectivity index (χ0) is 44.0. The van der Waals surface area contributed by atoms with Crippen molar-refractivity contribution in [1.82, 2.24) is 9.97 Å². The second kappa shape index (κ2) is 19.0. The van der Waals surface area contributed by atoms with Crippen molar-refractivity contribution in [2.75, 3.05) is 0 Å². The van der Waals surface area contributed by atoms with E-state index in [-0.39, 0.29) is 17.5 Å². The van der Waals surface area contributed by atoms with Gasteiger partial charge in [-0.25, -0.2) is 0 Å². The number of carbonyl (C=O) groups is 1. The van der Waals surface area contributed by atoms with E-state index in [2.05, 4.69) is 164 Å². The van der Waals surface area contributed by atoms with Crippen LogP contribution in [0.5, 0.6) is 0 Å². The van der Waals surface area contributed by atoms with Gasteiger partial charge in [-0.05, 0) is 111 Å². The fourth-order valence-corrected chi connectivity index (χ4v) is 9.49. The summed E-state index contributed by atoms with van der Waals surface area (Å²) in [4.78, 5) is 23.1. The molecule has 0 amide bonds. The van der Waals surface area contributed by atoms with Gasteiger partial charge in [-0.2, -0.15) is 0 Å². The van der Waals surface area contributed by atoms with Gasteiger partial charge in [0.15, 0.2) is 5.78 Å². The zero-order valence-corrected chi connectivity index (χ0v) is 36.4. The number of nitrogens with zero attached hydrogens (tertiary/aromatic N) is 2. The summed E-state index contributed by atoms with van der Waals surface area (Å²) < 4.78 is 0. The number of benzene rings is 7. The largest absolute Gasteiger partial charge is 0.512 e. The van der Waals surface area contributed by atoms with Crippen LogP contribution in [-0.2, 0) is 11.2 Å². The molecule has 1 saturated carbocycles. The lowest BCUT2D eigenvalue weighted by molar-refractivity contribution is -0.114. The van der Waals surface area contributed by atoms with Gasteiger partial charge in [0.1, 0.15) is 0 Å². The van der Waals surface area contributed by atoms with E-state index in [0.29, 0.717) is 12.8 Å². The maximum absolute atomic E-state index is 13.4. The van der Waals surface area contributed by atoms with E-state index in [1.54, 1.807) is 0 Å². The molecule has 4 nitrogen and oxygen atoms in total. The summed E-state index contributed by atoms with van der Waals surface area (Å²) in [7, 11) is 0. The van der Waals surface area contributed by atoms with Crippen molar-refractivity contribution >= 4 is 16.6 Å². The molecule has 0 saturated heterocycles. The van der Waals surface area contributed by atoms with Gasteiger partial charge in [0.2, 0.25) is 0 Å². The Labute approximate surface area is 381 Å². The Morgan fingerprint density at radius 3 is 1.63 bits per heavy atom. The first kappa shape index (κ1) is 41.3. The Bertz CT molecular complexity index is 3140. The number of aliphatic hydroxyl groups is 1. The molecule has 2 heterocycles. The highest BCUT2D eigenvalue weighted by Gasteiger charge is 2.20. The standard InChI is InChI=1S/C61H50N2O2/c64-53(39-61(65)46-18-5-2-6-19-46)33-31-42-15-9-10-22-54(42)50-35-51(37-52(36-50)58-26-14-12-24-56(58)49-32-34-59(62-41-49)44-16-3-1-4-17-44)57-25-13-11-23-55(57)43-27-29-45(30-28-43)60-38-47-20-7-8-21-48(47)40-63-60/h1,3-4,7-17,20-30,32,34-41,46,65H,2,5-6,18-19,31,33H2/b61-39-. The van der Waals surface area contributed by atoms with Crippen molar-refractivity contribution in [3.63, 3.8) is 0 Å². The molecule has 0 spiro atoms. The Balaban J connectivity index is 1.05. The number of hydrogen-bond acceptors (Lipinski definition) is 4. The molecule has 316 valence electrons. The molecule has 9 aromatic rings. The van der Waals surface area contributed by atoms with Gasteiger partial charge in [0.05, 0.1) is 17.1 Å². The van der Waals surface area contributed by atoms with Crippen molar-refractivity contribution in [2.24, 2.45) is 5.92 Å². The minimum Gasteiger partial charge on any atom is -0.512 e. The first-order valence-electron chi connectivity index (χ1n) is 22.9. The fraction of sp³-hybridized carbons (Fsp3) is 0.131. The Morgan fingerprint density at radius 2 is 0.969 bits per heavy atom. The van der Waals surface area contributed by atoms with Gasteiger partial charge >= 0.3 is 0 Å². The summed E-state index contributed by atoms with van der Waals surface area (Å²) in [6.45, 7) is 0. The molecule has 10 rings (SSSR count). The first-order chi connectivity index (χ1) is 32.0. The lowest BCUT2D eigenvalue weighted by Gasteiger charge is -2.20. The molecular weight excluding hydrogens is 793 g/mol. The van der Waals surface area contributed by atoms with E-state index in [4.69, 9.17) is 9.97 Å². The second-order valence-electron chi connectivity index (χ2n) is 17.2. The second-order valence-corrected chi connectivity index (χ2v) is 17.2. The third-order valence-corrected chi connectivity index (χ3v) is 13.0. The maximum atomic E-state index is 13.4. The highest BCUT2D eigenvalue weighted by atomic mass is 16.3.